The Kier molecular flexibility index (Phi) is 7.46. The van der Waals surface area contributed by atoms with Crippen LogP contribution in [0.25, 0.3) is 0 Å². The van der Waals surface area contributed by atoms with Crippen molar-refractivity contribution in [1.82, 2.24) is 9.21 Å². The van der Waals surface area contributed by atoms with Crippen molar-refractivity contribution >= 4 is 44.8 Å². The molecule has 2 saturated heterocycles. The number of anilines is 2. The third-order valence-electron chi connectivity index (χ3n) is 8.15. The van der Waals surface area contributed by atoms with Gasteiger partial charge in [-0.2, -0.15) is 4.31 Å². The molecule has 3 heterocycles. The molecule has 2 amide bonds. The number of piperazine rings is 1. The van der Waals surface area contributed by atoms with Gasteiger partial charge in [0.1, 0.15) is 0 Å². The molecule has 38 heavy (non-hydrogen) atoms. The minimum absolute atomic E-state index is 0.0126. The van der Waals surface area contributed by atoms with E-state index in [1.165, 1.54) is 11.2 Å². The monoisotopic (exact) mass is 558 g/mol. The first-order valence-corrected chi connectivity index (χ1v) is 15.1. The number of fused-ring (bicyclic) bond motifs is 1. The molecule has 1 unspecified atom stereocenters. The van der Waals surface area contributed by atoms with Crippen LogP contribution in [0.5, 0.6) is 0 Å². The molecule has 0 radical (unpaired) electrons. The van der Waals surface area contributed by atoms with Gasteiger partial charge >= 0.3 is 0 Å². The summed E-state index contributed by atoms with van der Waals surface area (Å²) in [6, 6.07) is 10.9. The van der Waals surface area contributed by atoms with Gasteiger partial charge < -0.3 is 14.7 Å². The van der Waals surface area contributed by atoms with Gasteiger partial charge in [0.25, 0.3) is 0 Å². The number of amides is 2. The number of piperidine rings is 1. The smallest absolute Gasteiger partial charge is 0.243 e. The van der Waals surface area contributed by atoms with Crippen molar-refractivity contribution in [2.45, 2.75) is 51.0 Å². The minimum atomic E-state index is -3.67. The molecule has 0 aliphatic carbocycles. The topological polar surface area (TPSA) is 81.2 Å². The van der Waals surface area contributed by atoms with E-state index in [-0.39, 0.29) is 28.7 Å². The largest absolute Gasteiger partial charge is 0.368 e. The summed E-state index contributed by atoms with van der Waals surface area (Å²) < 4.78 is 28.3. The highest BCUT2D eigenvalue weighted by Gasteiger charge is 2.36. The van der Waals surface area contributed by atoms with Gasteiger partial charge in [0.15, 0.2) is 0 Å². The van der Waals surface area contributed by atoms with Crippen LogP contribution < -0.4 is 9.80 Å². The van der Waals surface area contributed by atoms with Gasteiger partial charge in [-0.1, -0.05) is 17.7 Å². The van der Waals surface area contributed by atoms with Crippen LogP contribution >= 0.6 is 11.6 Å². The number of carbonyl (C=O) groups excluding carboxylic acids is 2. The Hall–Kier alpha value is -2.62. The van der Waals surface area contributed by atoms with Crippen molar-refractivity contribution in [2.24, 2.45) is 5.92 Å². The molecule has 0 aromatic heterocycles. The van der Waals surface area contributed by atoms with Crippen LogP contribution in [0.2, 0.25) is 5.02 Å². The summed E-state index contributed by atoms with van der Waals surface area (Å²) in [4.78, 5) is 31.5. The lowest BCUT2D eigenvalue weighted by Crippen LogP contribution is -2.52. The second kappa shape index (κ2) is 10.5. The van der Waals surface area contributed by atoms with E-state index in [1.807, 2.05) is 30.0 Å². The van der Waals surface area contributed by atoms with E-state index in [9.17, 15) is 18.0 Å². The maximum atomic E-state index is 13.4. The van der Waals surface area contributed by atoms with E-state index in [1.54, 1.807) is 23.1 Å². The molecule has 2 aromatic carbocycles. The minimum Gasteiger partial charge on any atom is -0.368 e. The Morgan fingerprint density at radius 1 is 0.921 bits per heavy atom. The third kappa shape index (κ3) is 5.03. The number of carbonyl (C=O) groups is 2. The molecule has 1 atom stereocenters. The molecule has 3 aliphatic rings. The van der Waals surface area contributed by atoms with Gasteiger partial charge in [-0.25, -0.2) is 8.42 Å². The van der Waals surface area contributed by atoms with Gasteiger partial charge in [0.05, 0.1) is 4.90 Å². The predicted molar refractivity (Wildman–Crippen MR) is 149 cm³/mol. The van der Waals surface area contributed by atoms with Gasteiger partial charge in [0.2, 0.25) is 21.8 Å². The van der Waals surface area contributed by atoms with E-state index in [4.69, 9.17) is 11.6 Å². The Morgan fingerprint density at radius 2 is 1.61 bits per heavy atom. The Balaban J connectivity index is 1.18. The van der Waals surface area contributed by atoms with Gasteiger partial charge in [-0.15, -0.1) is 0 Å². The lowest BCUT2D eigenvalue weighted by molar-refractivity contribution is -0.137. The van der Waals surface area contributed by atoms with Crippen molar-refractivity contribution in [3.63, 3.8) is 0 Å². The van der Waals surface area contributed by atoms with Crippen LogP contribution in [0.15, 0.2) is 41.3 Å². The average Bonchev–Trinajstić information content (AvgIpc) is 3.25. The molecule has 3 aliphatic heterocycles. The van der Waals surface area contributed by atoms with Gasteiger partial charge in [-0.05, 0) is 74.6 Å². The summed E-state index contributed by atoms with van der Waals surface area (Å²) >= 11 is 6.20. The molecule has 5 rings (SSSR count). The molecule has 8 nitrogen and oxygen atoms in total. The van der Waals surface area contributed by atoms with E-state index >= 15 is 0 Å². The molecule has 10 heteroatoms. The van der Waals surface area contributed by atoms with E-state index < -0.39 is 10.0 Å². The van der Waals surface area contributed by atoms with Crippen LogP contribution in [0, 0.1) is 12.8 Å². The van der Waals surface area contributed by atoms with Crippen molar-refractivity contribution in [2.75, 3.05) is 49.1 Å². The molecule has 0 N–H and O–H groups in total. The lowest BCUT2D eigenvalue weighted by Gasteiger charge is -2.39. The van der Waals surface area contributed by atoms with E-state index in [0.29, 0.717) is 50.5 Å². The summed E-state index contributed by atoms with van der Waals surface area (Å²) in [7, 11) is -3.67. The van der Waals surface area contributed by atoms with Crippen LogP contribution in [0.4, 0.5) is 11.4 Å². The fraction of sp³-hybridized carbons (Fsp3) is 0.500. The standard InChI is InChI=1S/C28H35ClN4O4S/c1-19-4-5-24(29)18-27(19)30-12-14-31(15-13-30)28(35)22-8-10-32(11-9-22)38(36,37)25-6-7-26-23(17-25)16-20(2)33(26)21(3)34/h4-7,17-18,20,22H,8-16H2,1-3H3. The summed E-state index contributed by atoms with van der Waals surface area (Å²) in [5.41, 5.74) is 3.94. The van der Waals surface area contributed by atoms with Crippen molar-refractivity contribution in [3.05, 3.63) is 52.5 Å². The molecule has 0 bridgehead atoms. The Morgan fingerprint density at radius 3 is 2.26 bits per heavy atom. The number of benzene rings is 2. The second-order valence-corrected chi connectivity index (χ2v) is 13.0. The fourth-order valence-electron chi connectivity index (χ4n) is 6.09. The highest BCUT2D eigenvalue weighted by atomic mass is 35.5. The number of halogens is 1. The molecule has 2 fully saturated rings. The summed E-state index contributed by atoms with van der Waals surface area (Å²) in [5.74, 6) is -0.0779. The number of hydrogen-bond donors (Lipinski definition) is 0. The van der Waals surface area contributed by atoms with Crippen LogP contribution in [0.3, 0.4) is 0 Å². The molecular weight excluding hydrogens is 524 g/mol. The number of hydrogen-bond acceptors (Lipinski definition) is 5. The van der Waals surface area contributed by atoms with Gasteiger partial charge in [0, 0.05) is 74.5 Å². The second-order valence-electron chi connectivity index (χ2n) is 10.7. The summed E-state index contributed by atoms with van der Waals surface area (Å²) in [6.45, 7) is 9.01. The normalized spacial score (nSPS) is 21.1. The van der Waals surface area contributed by atoms with Crippen molar-refractivity contribution in [3.8, 4) is 0 Å². The Bertz CT molecular complexity index is 1350. The number of aryl methyl sites for hydroxylation is 1. The number of nitrogens with zero attached hydrogens (tertiary/aromatic N) is 4. The number of rotatable bonds is 4. The molecule has 204 valence electrons. The zero-order chi connectivity index (χ0) is 27.2. The maximum Gasteiger partial charge on any atom is 0.243 e. The molecule has 2 aromatic rings. The van der Waals surface area contributed by atoms with E-state index in [2.05, 4.69) is 11.8 Å². The third-order valence-corrected chi connectivity index (χ3v) is 10.3. The first-order valence-electron chi connectivity index (χ1n) is 13.3. The average molecular weight is 559 g/mol. The highest BCUT2D eigenvalue weighted by Crippen LogP contribution is 2.35. The fourth-order valence-corrected chi connectivity index (χ4v) is 7.78. The quantitative estimate of drug-likeness (QED) is 0.572. The van der Waals surface area contributed by atoms with E-state index in [0.717, 1.165) is 35.6 Å². The van der Waals surface area contributed by atoms with Crippen LogP contribution in [-0.2, 0) is 26.0 Å². The number of sulfonamides is 1. The first kappa shape index (κ1) is 27.0. The molecule has 0 saturated carbocycles. The predicted octanol–water partition coefficient (Wildman–Crippen LogP) is 3.70. The molecule has 0 spiro atoms. The maximum absolute atomic E-state index is 13.4. The lowest BCUT2D eigenvalue weighted by atomic mass is 9.96. The highest BCUT2D eigenvalue weighted by molar-refractivity contribution is 7.89. The van der Waals surface area contributed by atoms with Gasteiger partial charge in [-0.3, -0.25) is 9.59 Å². The zero-order valence-electron chi connectivity index (χ0n) is 22.2. The van der Waals surface area contributed by atoms with Crippen LogP contribution in [0.1, 0.15) is 37.8 Å². The van der Waals surface area contributed by atoms with Crippen molar-refractivity contribution < 1.29 is 18.0 Å². The van der Waals surface area contributed by atoms with Crippen LogP contribution in [-0.4, -0.2) is 74.7 Å². The summed E-state index contributed by atoms with van der Waals surface area (Å²) in [6.07, 6.45) is 1.68. The first-order chi connectivity index (χ1) is 18.1. The Labute approximate surface area is 230 Å². The summed E-state index contributed by atoms with van der Waals surface area (Å²) in [5, 5.41) is 0.707. The zero-order valence-corrected chi connectivity index (χ0v) is 23.8. The molecular formula is C28H35ClN4O4S. The SMILES string of the molecule is CC(=O)N1c2ccc(S(=O)(=O)N3CCC(C(=O)N4CCN(c5cc(Cl)ccc5C)CC4)CC3)cc2CC1C. The van der Waals surface area contributed by atoms with Crippen molar-refractivity contribution in [1.29, 1.82) is 0 Å².